The molecule has 2 N–H and O–H groups in total. The molecule has 2 rings (SSSR count). The molecular weight excluding hydrogens is 276 g/mol. The van der Waals surface area contributed by atoms with Crippen molar-refractivity contribution in [3.8, 4) is 0 Å². The van der Waals surface area contributed by atoms with Crippen molar-refractivity contribution in [3.05, 3.63) is 51.5 Å². The first kappa shape index (κ1) is 13.3. The molecule has 1 heterocycles. The second-order valence-electron chi connectivity index (χ2n) is 3.84. The fraction of sp³-hybridized carbons (Fsp3) is 0.250. The van der Waals surface area contributed by atoms with Gasteiger partial charge in [-0.2, -0.15) is 5.10 Å². The molecule has 6 heteroatoms. The second-order valence-corrected chi connectivity index (χ2v) is 4.66. The Balaban J connectivity index is 2.44. The molecule has 0 aliphatic heterocycles. The lowest BCUT2D eigenvalue weighted by molar-refractivity contribution is 0.594. The van der Waals surface area contributed by atoms with Gasteiger partial charge in [-0.05, 0) is 24.6 Å². The number of benzene rings is 1. The van der Waals surface area contributed by atoms with Crippen molar-refractivity contribution < 1.29 is 4.39 Å². The molecule has 0 saturated heterocycles. The number of hydrogen-bond acceptors (Lipinski definition) is 2. The van der Waals surface area contributed by atoms with Crippen LogP contribution in [0.4, 0.5) is 4.39 Å². The molecule has 0 amide bonds. The maximum atomic E-state index is 13.4. The Kier molecular flexibility index (Phi) is 3.90. The van der Waals surface area contributed by atoms with Crippen molar-refractivity contribution >= 4 is 23.2 Å². The number of nitrogens with two attached hydrogens (primary N) is 1. The van der Waals surface area contributed by atoms with E-state index in [-0.39, 0.29) is 5.02 Å². The Labute approximate surface area is 114 Å². The largest absolute Gasteiger partial charge is 0.319 e. The summed E-state index contributed by atoms with van der Waals surface area (Å²) in [5, 5.41) is 4.65. The number of aromatic nitrogens is 2. The van der Waals surface area contributed by atoms with Crippen molar-refractivity contribution in [2.45, 2.75) is 19.5 Å². The molecule has 1 unspecified atom stereocenters. The van der Waals surface area contributed by atoms with Crippen LogP contribution in [0, 0.1) is 5.82 Å². The summed E-state index contributed by atoms with van der Waals surface area (Å²) in [6.45, 7) is 2.58. The fourth-order valence-corrected chi connectivity index (χ4v) is 2.17. The molecule has 0 radical (unpaired) electrons. The summed E-state index contributed by atoms with van der Waals surface area (Å²) < 4.78 is 15.1. The van der Waals surface area contributed by atoms with Gasteiger partial charge in [0.05, 0.1) is 28.0 Å². The van der Waals surface area contributed by atoms with Gasteiger partial charge in [-0.15, -0.1) is 0 Å². The smallest absolute Gasteiger partial charge is 0.142 e. The van der Waals surface area contributed by atoms with Gasteiger partial charge < -0.3 is 5.73 Å². The molecule has 3 nitrogen and oxygen atoms in total. The lowest BCUT2D eigenvalue weighted by Gasteiger charge is -2.15. The normalized spacial score (nSPS) is 12.7. The van der Waals surface area contributed by atoms with E-state index in [0.717, 1.165) is 0 Å². The van der Waals surface area contributed by atoms with Crippen molar-refractivity contribution in [2.24, 2.45) is 5.73 Å². The Bertz CT molecular complexity index is 568. The minimum absolute atomic E-state index is 0.0704. The van der Waals surface area contributed by atoms with Gasteiger partial charge in [-0.1, -0.05) is 29.3 Å². The fourth-order valence-electron chi connectivity index (χ4n) is 1.80. The van der Waals surface area contributed by atoms with Crippen molar-refractivity contribution in [1.29, 1.82) is 0 Å². The molecule has 1 atom stereocenters. The van der Waals surface area contributed by atoms with E-state index in [9.17, 15) is 4.39 Å². The molecule has 1 aromatic carbocycles. The standard InChI is InChI=1S/C12H12Cl2FN3/c1-2-18-12(9(14)6-17-18)11(16)7-3-4-8(13)10(15)5-7/h3-6,11H,2,16H2,1H3. The molecule has 0 aliphatic carbocycles. The predicted octanol–water partition coefficient (Wildman–Crippen LogP) is 3.40. The minimum Gasteiger partial charge on any atom is -0.319 e. The van der Waals surface area contributed by atoms with E-state index in [1.807, 2.05) is 6.92 Å². The quantitative estimate of drug-likeness (QED) is 0.940. The van der Waals surface area contributed by atoms with E-state index in [0.29, 0.717) is 22.8 Å². The molecule has 2 aromatic rings. The Morgan fingerprint density at radius 3 is 2.72 bits per heavy atom. The second kappa shape index (κ2) is 5.26. The van der Waals surface area contributed by atoms with Crippen molar-refractivity contribution in [3.63, 3.8) is 0 Å². The zero-order valence-corrected chi connectivity index (χ0v) is 11.2. The molecule has 0 saturated carbocycles. The van der Waals surface area contributed by atoms with E-state index in [1.165, 1.54) is 18.3 Å². The Morgan fingerprint density at radius 2 is 2.11 bits per heavy atom. The average Bonchev–Trinajstić information content (AvgIpc) is 2.73. The highest BCUT2D eigenvalue weighted by atomic mass is 35.5. The van der Waals surface area contributed by atoms with E-state index >= 15 is 0 Å². The summed E-state index contributed by atoms with van der Waals surface area (Å²) in [6, 6.07) is 3.94. The van der Waals surface area contributed by atoms with Crippen LogP contribution in [-0.4, -0.2) is 9.78 Å². The van der Waals surface area contributed by atoms with E-state index in [2.05, 4.69) is 5.10 Å². The Morgan fingerprint density at radius 1 is 1.39 bits per heavy atom. The molecule has 18 heavy (non-hydrogen) atoms. The highest BCUT2D eigenvalue weighted by Gasteiger charge is 2.18. The third-order valence-corrected chi connectivity index (χ3v) is 3.33. The molecule has 0 bridgehead atoms. The zero-order valence-electron chi connectivity index (χ0n) is 9.70. The van der Waals surface area contributed by atoms with Crippen LogP contribution >= 0.6 is 23.2 Å². The first-order valence-corrected chi connectivity index (χ1v) is 6.22. The van der Waals surface area contributed by atoms with Gasteiger partial charge in [0.15, 0.2) is 0 Å². The maximum Gasteiger partial charge on any atom is 0.142 e. The highest BCUT2D eigenvalue weighted by Crippen LogP contribution is 2.28. The van der Waals surface area contributed by atoms with Crippen LogP contribution in [0.3, 0.4) is 0 Å². The van der Waals surface area contributed by atoms with Crippen molar-refractivity contribution in [1.82, 2.24) is 9.78 Å². The molecule has 1 aromatic heterocycles. The lowest BCUT2D eigenvalue weighted by Crippen LogP contribution is -2.17. The number of halogens is 3. The average molecular weight is 288 g/mol. The molecule has 0 aliphatic rings. The van der Waals surface area contributed by atoms with Gasteiger partial charge in [-0.3, -0.25) is 4.68 Å². The number of rotatable bonds is 3. The monoisotopic (exact) mass is 287 g/mol. The minimum atomic E-state index is -0.535. The van der Waals surface area contributed by atoms with Crippen LogP contribution in [0.15, 0.2) is 24.4 Å². The summed E-state index contributed by atoms with van der Waals surface area (Å²) in [7, 11) is 0. The van der Waals surface area contributed by atoms with E-state index in [4.69, 9.17) is 28.9 Å². The third kappa shape index (κ3) is 2.36. The first-order valence-electron chi connectivity index (χ1n) is 5.46. The third-order valence-electron chi connectivity index (χ3n) is 2.73. The van der Waals surface area contributed by atoms with Gasteiger partial charge in [0.25, 0.3) is 0 Å². The lowest BCUT2D eigenvalue weighted by atomic mass is 10.0. The van der Waals surface area contributed by atoms with Crippen LogP contribution in [0.2, 0.25) is 10.0 Å². The number of aryl methyl sites for hydroxylation is 1. The van der Waals surface area contributed by atoms with Gasteiger partial charge >= 0.3 is 0 Å². The van der Waals surface area contributed by atoms with Gasteiger partial charge in [0.1, 0.15) is 5.82 Å². The topological polar surface area (TPSA) is 43.8 Å². The molecule has 0 spiro atoms. The molecule has 0 fully saturated rings. The van der Waals surface area contributed by atoms with Gasteiger partial charge in [0, 0.05) is 6.54 Å². The predicted molar refractivity (Wildman–Crippen MR) is 70.4 cm³/mol. The van der Waals surface area contributed by atoms with E-state index < -0.39 is 11.9 Å². The maximum absolute atomic E-state index is 13.4. The summed E-state index contributed by atoms with van der Waals surface area (Å²) in [5.74, 6) is -0.497. The summed E-state index contributed by atoms with van der Waals surface area (Å²) >= 11 is 11.7. The molecule has 96 valence electrons. The molecular formula is C12H12Cl2FN3. The van der Waals surface area contributed by atoms with Crippen LogP contribution in [0.25, 0.3) is 0 Å². The van der Waals surface area contributed by atoms with Gasteiger partial charge in [0.2, 0.25) is 0 Å². The zero-order chi connectivity index (χ0) is 13.3. The van der Waals surface area contributed by atoms with Crippen LogP contribution in [-0.2, 0) is 6.54 Å². The summed E-state index contributed by atoms with van der Waals surface area (Å²) in [5.41, 5.74) is 7.37. The highest BCUT2D eigenvalue weighted by molar-refractivity contribution is 6.31. The van der Waals surface area contributed by atoms with Crippen LogP contribution < -0.4 is 5.73 Å². The van der Waals surface area contributed by atoms with E-state index in [1.54, 1.807) is 10.7 Å². The van der Waals surface area contributed by atoms with Gasteiger partial charge in [-0.25, -0.2) is 4.39 Å². The van der Waals surface area contributed by atoms with Crippen LogP contribution in [0.5, 0.6) is 0 Å². The Hall–Kier alpha value is -1.10. The summed E-state index contributed by atoms with van der Waals surface area (Å²) in [4.78, 5) is 0. The first-order chi connectivity index (χ1) is 8.54. The van der Waals surface area contributed by atoms with Crippen LogP contribution in [0.1, 0.15) is 24.2 Å². The number of hydrogen-bond donors (Lipinski definition) is 1. The SMILES string of the molecule is CCn1ncc(Cl)c1C(N)c1ccc(Cl)c(F)c1. The summed E-state index contributed by atoms with van der Waals surface area (Å²) in [6.07, 6.45) is 1.53. The number of nitrogens with zero attached hydrogens (tertiary/aromatic N) is 2. The van der Waals surface area contributed by atoms with Crippen molar-refractivity contribution in [2.75, 3.05) is 0 Å².